The molecule has 0 radical (unpaired) electrons. The molecule has 3 fully saturated rings. The van der Waals surface area contributed by atoms with E-state index in [-0.39, 0.29) is 24.2 Å². The van der Waals surface area contributed by atoms with Gasteiger partial charge in [-0.25, -0.2) is 0 Å². The standard InChI is InChI=1S/C14H22N2O3/c17-12-10-11(14(19-12)4-1-2-5-14)13(18)16-8-3-6-15-7-9-16/h11,15H,1-10H2/t11-/m0/s1. The molecule has 1 aliphatic carbocycles. The molecule has 5 heteroatoms. The van der Waals surface area contributed by atoms with E-state index < -0.39 is 5.60 Å². The molecule has 3 aliphatic rings. The molecule has 0 aromatic heterocycles. The zero-order valence-electron chi connectivity index (χ0n) is 11.3. The van der Waals surface area contributed by atoms with Gasteiger partial charge in [0.1, 0.15) is 5.60 Å². The summed E-state index contributed by atoms with van der Waals surface area (Å²) in [6.45, 7) is 3.36. The molecular formula is C14H22N2O3. The lowest BCUT2D eigenvalue weighted by molar-refractivity contribution is -0.151. The number of hydrogen-bond donors (Lipinski definition) is 1. The molecule has 1 spiro atoms. The summed E-state index contributed by atoms with van der Waals surface area (Å²) in [6, 6.07) is 0. The fourth-order valence-corrected chi connectivity index (χ4v) is 3.72. The van der Waals surface area contributed by atoms with Gasteiger partial charge in [-0.05, 0) is 38.6 Å². The Labute approximate surface area is 113 Å². The summed E-state index contributed by atoms with van der Waals surface area (Å²) in [7, 11) is 0. The number of nitrogens with one attached hydrogen (secondary N) is 1. The van der Waals surface area contributed by atoms with Crippen molar-refractivity contribution in [3.63, 3.8) is 0 Å². The van der Waals surface area contributed by atoms with Gasteiger partial charge in [-0.15, -0.1) is 0 Å². The molecule has 2 aliphatic heterocycles. The van der Waals surface area contributed by atoms with E-state index in [4.69, 9.17) is 4.74 Å². The van der Waals surface area contributed by atoms with Crippen LogP contribution < -0.4 is 5.32 Å². The van der Waals surface area contributed by atoms with Gasteiger partial charge in [-0.2, -0.15) is 0 Å². The van der Waals surface area contributed by atoms with E-state index in [0.717, 1.165) is 58.3 Å². The molecule has 1 N–H and O–H groups in total. The highest BCUT2D eigenvalue weighted by atomic mass is 16.6. The highest BCUT2D eigenvalue weighted by Crippen LogP contribution is 2.46. The number of hydrogen-bond acceptors (Lipinski definition) is 4. The first kappa shape index (κ1) is 12.9. The van der Waals surface area contributed by atoms with Gasteiger partial charge in [0, 0.05) is 19.6 Å². The lowest BCUT2D eigenvalue weighted by Gasteiger charge is -2.32. The first-order chi connectivity index (χ1) is 9.21. The quantitative estimate of drug-likeness (QED) is 0.709. The number of rotatable bonds is 1. The van der Waals surface area contributed by atoms with Crippen LogP contribution in [0.2, 0.25) is 0 Å². The van der Waals surface area contributed by atoms with Crippen molar-refractivity contribution in [1.82, 2.24) is 10.2 Å². The summed E-state index contributed by atoms with van der Waals surface area (Å²) in [6.07, 6.45) is 5.13. The molecule has 106 valence electrons. The summed E-state index contributed by atoms with van der Waals surface area (Å²) in [5.41, 5.74) is -0.464. The topological polar surface area (TPSA) is 58.6 Å². The van der Waals surface area contributed by atoms with Crippen LogP contribution in [0.25, 0.3) is 0 Å². The number of amides is 1. The monoisotopic (exact) mass is 266 g/mol. The Morgan fingerprint density at radius 3 is 2.79 bits per heavy atom. The molecule has 2 saturated heterocycles. The Hall–Kier alpha value is -1.10. The molecule has 3 rings (SSSR count). The molecule has 1 saturated carbocycles. The van der Waals surface area contributed by atoms with Crippen molar-refractivity contribution >= 4 is 11.9 Å². The van der Waals surface area contributed by atoms with Gasteiger partial charge in [0.05, 0.1) is 12.3 Å². The van der Waals surface area contributed by atoms with Gasteiger partial charge in [-0.1, -0.05) is 0 Å². The van der Waals surface area contributed by atoms with E-state index >= 15 is 0 Å². The van der Waals surface area contributed by atoms with E-state index in [1.54, 1.807) is 0 Å². The Morgan fingerprint density at radius 2 is 2.00 bits per heavy atom. The zero-order valence-corrected chi connectivity index (χ0v) is 11.3. The van der Waals surface area contributed by atoms with Crippen molar-refractivity contribution in [3.05, 3.63) is 0 Å². The minimum absolute atomic E-state index is 0.136. The van der Waals surface area contributed by atoms with Crippen molar-refractivity contribution in [2.75, 3.05) is 26.2 Å². The van der Waals surface area contributed by atoms with Crippen molar-refractivity contribution < 1.29 is 14.3 Å². The maximum absolute atomic E-state index is 12.7. The molecule has 2 heterocycles. The summed E-state index contributed by atoms with van der Waals surface area (Å²) < 4.78 is 5.56. The van der Waals surface area contributed by atoms with Gasteiger partial charge < -0.3 is 15.0 Å². The Kier molecular flexibility index (Phi) is 3.48. The predicted molar refractivity (Wildman–Crippen MR) is 69.5 cm³/mol. The van der Waals surface area contributed by atoms with Gasteiger partial charge in [-0.3, -0.25) is 9.59 Å². The first-order valence-electron chi connectivity index (χ1n) is 7.43. The number of carbonyl (C=O) groups is 2. The van der Waals surface area contributed by atoms with Gasteiger partial charge >= 0.3 is 5.97 Å². The summed E-state index contributed by atoms with van der Waals surface area (Å²) in [5, 5.41) is 3.30. The molecule has 0 aromatic carbocycles. The minimum atomic E-state index is -0.464. The molecule has 0 bridgehead atoms. The maximum Gasteiger partial charge on any atom is 0.307 e. The highest BCUT2D eigenvalue weighted by molar-refractivity contribution is 5.88. The Balaban J connectivity index is 1.75. The largest absolute Gasteiger partial charge is 0.458 e. The highest BCUT2D eigenvalue weighted by Gasteiger charge is 2.54. The van der Waals surface area contributed by atoms with Crippen molar-refractivity contribution in [1.29, 1.82) is 0 Å². The predicted octanol–water partition coefficient (Wildman–Crippen LogP) is 0.684. The summed E-state index contributed by atoms with van der Waals surface area (Å²) >= 11 is 0. The molecule has 1 atom stereocenters. The smallest absolute Gasteiger partial charge is 0.307 e. The third kappa shape index (κ3) is 2.36. The molecular weight excluding hydrogens is 244 g/mol. The summed E-state index contributed by atoms with van der Waals surface area (Å²) in [4.78, 5) is 26.3. The lowest BCUT2D eigenvalue weighted by Crippen LogP contribution is -2.46. The maximum atomic E-state index is 12.7. The third-order valence-electron chi connectivity index (χ3n) is 4.72. The van der Waals surface area contributed by atoms with Crippen LogP contribution in [0, 0.1) is 5.92 Å². The SMILES string of the molecule is O=C1C[C@@H](C(=O)N2CCCNCC2)C2(CCCC2)O1. The average molecular weight is 266 g/mol. The van der Waals surface area contributed by atoms with E-state index in [2.05, 4.69) is 5.32 Å². The number of nitrogens with zero attached hydrogens (tertiary/aromatic N) is 1. The Bertz CT molecular complexity index is 369. The van der Waals surface area contributed by atoms with Crippen LogP contribution in [0.1, 0.15) is 38.5 Å². The normalized spacial score (nSPS) is 30.4. The van der Waals surface area contributed by atoms with Gasteiger partial charge in [0.2, 0.25) is 5.91 Å². The van der Waals surface area contributed by atoms with Crippen molar-refractivity contribution in [2.24, 2.45) is 5.92 Å². The number of carbonyl (C=O) groups excluding carboxylic acids is 2. The minimum Gasteiger partial charge on any atom is -0.458 e. The van der Waals surface area contributed by atoms with E-state index in [1.165, 1.54) is 0 Å². The molecule has 0 unspecified atom stereocenters. The fourth-order valence-electron chi connectivity index (χ4n) is 3.72. The van der Waals surface area contributed by atoms with Crippen LogP contribution in [0.15, 0.2) is 0 Å². The second kappa shape index (κ2) is 5.12. The van der Waals surface area contributed by atoms with E-state index in [9.17, 15) is 9.59 Å². The molecule has 19 heavy (non-hydrogen) atoms. The van der Waals surface area contributed by atoms with Crippen LogP contribution in [0.5, 0.6) is 0 Å². The third-order valence-corrected chi connectivity index (χ3v) is 4.72. The first-order valence-corrected chi connectivity index (χ1v) is 7.43. The molecule has 0 aromatic rings. The molecule has 1 amide bonds. The Morgan fingerprint density at radius 1 is 1.21 bits per heavy atom. The van der Waals surface area contributed by atoms with Gasteiger partial charge in [0.25, 0.3) is 0 Å². The second-order valence-electron chi connectivity index (χ2n) is 5.93. The fraction of sp³-hybridized carbons (Fsp3) is 0.857. The van der Waals surface area contributed by atoms with Crippen LogP contribution in [0.3, 0.4) is 0 Å². The summed E-state index contributed by atoms with van der Waals surface area (Å²) in [5.74, 6) is -0.287. The van der Waals surface area contributed by atoms with E-state index in [0.29, 0.717) is 0 Å². The van der Waals surface area contributed by atoms with Crippen molar-refractivity contribution in [2.45, 2.75) is 44.1 Å². The van der Waals surface area contributed by atoms with Crippen LogP contribution >= 0.6 is 0 Å². The molecule has 5 nitrogen and oxygen atoms in total. The average Bonchev–Trinajstić information content (AvgIpc) is 2.87. The number of ether oxygens (including phenoxy) is 1. The number of esters is 1. The van der Waals surface area contributed by atoms with Crippen LogP contribution in [0.4, 0.5) is 0 Å². The van der Waals surface area contributed by atoms with Crippen molar-refractivity contribution in [3.8, 4) is 0 Å². The second-order valence-corrected chi connectivity index (χ2v) is 5.93. The van der Waals surface area contributed by atoms with E-state index in [1.807, 2.05) is 4.90 Å². The lowest BCUT2D eigenvalue weighted by atomic mass is 9.84. The van der Waals surface area contributed by atoms with Gasteiger partial charge in [0.15, 0.2) is 0 Å². The zero-order chi connectivity index (χ0) is 13.3. The van der Waals surface area contributed by atoms with Crippen LogP contribution in [-0.2, 0) is 14.3 Å². The van der Waals surface area contributed by atoms with Crippen LogP contribution in [-0.4, -0.2) is 48.6 Å².